The third kappa shape index (κ3) is 3.18. The number of fused-ring (bicyclic) bond motifs is 1. The zero-order valence-corrected chi connectivity index (χ0v) is 14.5. The van der Waals surface area contributed by atoms with E-state index in [2.05, 4.69) is 4.98 Å². The predicted octanol–water partition coefficient (Wildman–Crippen LogP) is 3.90. The van der Waals surface area contributed by atoms with Crippen LogP contribution in [0.15, 0.2) is 54.6 Å². The monoisotopic (exact) mass is 350 g/mol. The Morgan fingerprint density at radius 1 is 1.19 bits per heavy atom. The molecule has 1 aromatic heterocycles. The number of nitrogens with zero attached hydrogens (tertiary/aromatic N) is 2. The van der Waals surface area contributed by atoms with Gasteiger partial charge in [0.15, 0.2) is 0 Å². The van der Waals surface area contributed by atoms with Crippen LogP contribution in [0.5, 0.6) is 0 Å². The smallest absolute Gasteiger partial charge is 0.255 e. The third-order valence-corrected chi connectivity index (χ3v) is 4.72. The van der Waals surface area contributed by atoms with Gasteiger partial charge in [-0.15, -0.1) is 0 Å². The number of aromatic nitrogens is 1. The van der Waals surface area contributed by atoms with Gasteiger partial charge >= 0.3 is 0 Å². The molecular weight excluding hydrogens is 331 g/mol. The summed E-state index contributed by atoms with van der Waals surface area (Å²) >= 11 is 0. The molecule has 0 radical (unpaired) electrons. The summed E-state index contributed by atoms with van der Waals surface area (Å²) in [4.78, 5) is 19.4. The zero-order chi connectivity index (χ0) is 18.1. The third-order valence-electron chi connectivity index (χ3n) is 4.72. The number of rotatable bonds is 2. The molecule has 0 saturated carbocycles. The van der Waals surface area contributed by atoms with E-state index in [-0.39, 0.29) is 17.8 Å². The van der Waals surface area contributed by atoms with Crippen LogP contribution in [-0.2, 0) is 4.74 Å². The Morgan fingerprint density at radius 3 is 2.88 bits per heavy atom. The first-order valence-corrected chi connectivity index (χ1v) is 8.64. The van der Waals surface area contributed by atoms with Gasteiger partial charge in [-0.2, -0.15) is 0 Å². The highest BCUT2D eigenvalue weighted by Crippen LogP contribution is 2.25. The molecule has 1 saturated heterocycles. The highest BCUT2D eigenvalue weighted by Gasteiger charge is 2.27. The molecule has 0 aliphatic carbocycles. The lowest BCUT2D eigenvalue weighted by molar-refractivity contribution is -0.0229. The first-order chi connectivity index (χ1) is 12.6. The summed E-state index contributed by atoms with van der Waals surface area (Å²) in [6.45, 7) is 3.18. The number of carbonyl (C=O) groups excluding carboxylic acids is 1. The van der Waals surface area contributed by atoms with Crippen molar-refractivity contribution in [1.29, 1.82) is 0 Å². The Kier molecular flexibility index (Phi) is 4.39. The van der Waals surface area contributed by atoms with Crippen molar-refractivity contribution in [2.45, 2.75) is 13.0 Å². The maximum absolute atomic E-state index is 13.5. The molecule has 3 aromatic rings. The van der Waals surface area contributed by atoms with E-state index >= 15 is 0 Å². The molecule has 2 heterocycles. The molecule has 1 atom stereocenters. The van der Waals surface area contributed by atoms with Gasteiger partial charge in [0.25, 0.3) is 5.91 Å². The summed E-state index contributed by atoms with van der Waals surface area (Å²) in [5.41, 5.74) is 2.93. The van der Waals surface area contributed by atoms with E-state index in [4.69, 9.17) is 4.74 Å². The average Bonchev–Trinajstić information content (AvgIpc) is 2.67. The Morgan fingerprint density at radius 2 is 2.04 bits per heavy atom. The maximum Gasteiger partial charge on any atom is 0.255 e. The zero-order valence-electron chi connectivity index (χ0n) is 14.5. The predicted molar refractivity (Wildman–Crippen MR) is 97.5 cm³/mol. The molecule has 0 spiro atoms. The van der Waals surface area contributed by atoms with Crippen LogP contribution in [0.4, 0.5) is 4.39 Å². The van der Waals surface area contributed by atoms with Crippen molar-refractivity contribution in [1.82, 2.24) is 9.88 Å². The highest BCUT2D eigenvalue weighted by atomic mass is 19.1. The van der Waals surface area contributed by atoms with E-state index in [9.17, 15) is 9.18 Å². The Labute approximate surface area is 151 Å². The molecule has 132 valence electrons. The number of carbonyl (C=O) groups is 1. The second kappa shape index (κ2) is 6.84. The van der Waals surface area contributed by atoms with Gasteiger partial charge in [-0.05, 0) is 36.8 Å². The molecule has 4 rings (SSSR count). The quantitative estimate of drug-likeness (QED) is 0.704. The number of para-hydroxylation sites is 1. The minimum atomic E-state index is -0.322. The number of pyridine rings is 1. The van der Waals surface area contributed by atoms with E-state index in [1.807, 2.05) is 43.3 Å². The van der Waals surface area contributed by atoms with Crippen LogP contribution in [0.2, 0.25) is 0 Å². The van der Waals surface area contributed by atoms with Crippen molar-refractivity contribution in [3.8, 4) is 0 Å². The fourth-order valence-electron chi connectivity index (χ4n) is 3.34. The van der Waals surface area contributed by atoms with Gasteiger partial charge in [0.05, 0.1) is 29.9 Å². The molecular formula is C21H19FN2O2. The molecule has 1 fully saturated rings. The molecule has 1 unspecified atom stereocenters. The molecule has 26 heavy (non-hydrogen) atoms. The summed E-state index contributed by atoms with van der Waals surface area (Å²) in [5, 5.41) is 0.941. The summed E-state index contributed by atoms with van der Waals surface area (Å²) in [5.74, 6) is -0.366. The van der Waals surface area contributed by atoms with Gasteiger partial charge in [0.1, 0.15) is 11.9 Å². The summed E-state index contributed by atoms with van der Waals surface area (Å²) in [7, 11) is 0. The molecule has 1 amide bonds. The molecule has 1 aliphatic heterocycles. The second-order valence-electron chi connectivity index (χ2n) is 6.48. The first kappa shape index (κ1) is 16.7. The SMILES string of the molecule is Cc1nc2ccccc2cc1C(=O)N1CCOC(c2cccc(F)c2)C1. The van der Waals surface area contributed by atoms with Crippen molar-refractivity contribution >= 4 is 16.8 Å². The molecule has 0 N–H and O–H groups in total. The van der Waals surface area contributed by atoms with Gasteiger partial charge in [0.2, 0.25) is 0 Å². The van der Waals surface area contributed by atoms with Gasteiger partial charge in [-0.3, -0.25) is 9.78 Å². The first-order valence-electron chi connectivity index (χ1n) is 8.64. The number of aryl methyl sites for hydroxylation is 1. The fourth-order valence-corrected chi connectivity index (χ4v) is 3.34. The van der Waals surface area contributed by atoms with Crippen LogP contribution in [-0.4, -0.2) is 35.5 Å². The molecule has 2 aromatic carbocycles. The van der Waals surface area contributed by atoms with Crippen LogP contribution in [0, 0.1) is 12.7 Å². The van der Waals surface area contributed by atoms with Crippen LogP contribution in [0.25, 0.3) is 10.9 Å². The van der Waals surface area contributed by atoms with E-state index < -0.39 is 0 Å². The fraction of sp³-hybridized carbons (Fsp3) is 0.238. The number of amides is 1. The number of hydrogen-bond acceptors (Lipinski definition) is 3. The topological polar surface area (TPSA) is 42.4 Å². The summed E-state index contributed by atoms with van der Waals surface area (Å²) in [6, 6.07) is 16.0. The van der Waals surface area contributed by atoms with E-state index in [0.29, 0.717) is 31.0 Å². The number of ether oxygens (including phenoxy) is 1. The van der Waals surface area contributed by atoms with Crippen molar-refractivity contribution in [2.75, 3.05) is 19.7 Å². The van der Waals surface area contributed by atoms with Gasteiger partial charge in [-0.1, -0.05) is 30.3 Å². The number of benzene rings is 2. The number of halogens is 1. The number of hydrogen-bond donors (Lipinski definition) is 0. The van der Waals surface area contributed by atoms with Crippen molar-refractivity contribution in [3.63, 3.8) is 0 Å². The molecule has 4 nitrogen and oxygen atoms in total. The molecule has 1 aliphatic rings. The Bertz CT molecular complexity index is 973. The second-order valence-corrected chi connectivity index (χ2v) is 6.48. The summed E-state index contributed by atoms with van der Waals surface area (Å²) in [6.07, 6.45) is -0.322. The highest BCUT2D eigenvalue weighted by molar-refractivity contribution is 5.98. The molecule has 0 bridgehead atoms. The van der Waals surface area contributed by atoms with Gasteiger partial charge in [0, 0.05) is 11.9 Å². The van der Waals surface area contributed by atoms with Crippen LogP contribution in [0.1, 0.15) is 27.7 Å². The standard InChI is InChI=1S/C21H19FN2O2/c1-14-18(12-15-5-2-3-8-19(15)23-14)21(25)24-9-10-26-20(13-24)16-6-4-7-17(22)11-16/h2-8,11-12,20H,9-10,13H2,1H3. The van der Waals surface area contributed by atoms with Crippen molar-refractivity contribution < 1.29 is 13.9 Å². The summed E-state index contributed by atoms with van der Waals surface area (Å²) < 4.78 is 19.3. The number of morpholine rings is 1. The minimum Gasteiger partial charge on any atom is -0.370 e. The largest absolute Gasteiger partial charge is 0.370 e. The normalized spacial score (nSPS) is 17.5. The van der Waals surface area contributed by atoms with Gasteiger partial charge in [-0.25, -0.2) is 4.39 Å². The van der Waals surface area contributed by atoms with E-state index in [1.165, 1.54) is 12.1 Å². The van der Waals surface area contributed by atoms with E-state index in [0.717, 1.165) is 16.5 Å². The molecule has 5 heteroatoms. The van der Waals surface area contributed by atoms with E-state index in [1.54, 1.807) is 11.0 Å². The van der Waals surface area contributed by atoms with Crippen LogP contribution < -0.4 is 0 Å². The van der Waals surface area contributed by atoms with Crippen LogP contribution >= 0.6 is 0 Å². The average molecular weight is 350 g/mol. The van der Waals surface area contributed by atoms with Crippen molar-refractivity contribution in [2.24, 2.45) is 0 Å². The maximum atomic E-state index is 13.5. The lowest BCUT2D eigenvalue weighted by Gasteiger charge is -2.33. The Balaban J connectivity index is 1.61. The lowest BCUT2D eigenvalue weighted by Crippen LogP contribution is -2.42. The Hall–Kier alpha value is -2.79. The van der Waals surface area contributed by atoms with Crippen LogP contribution in [0.3, 0.4) is 0 Å². The lowest BCUT2D eigenvalue weighted by atomic mass is 10.1. The minimum absolute atomic E-state index is 0.0644. The van der Waals surface area contributed by atoms with Crippen molar-refractivity contribution in [3.05, 3.63) is 77.2 Å². The van der Waals surface area contributed by atoms with Gasteiger partial charge < -0.3 is 9.64 Å².